The van der Waals surface area contributed by atoms with Crippen molar-refractivity contribution in [3.8, 4) is 0 Å². The summed E-state index contributed by atoms with van der Waals surface area (Å²) in [5.41, 5.74) is 0. The van der Waals surface area contributed by atoms with Crippen LogP contribution >= 0.6 is 0 Å². The fraction of sp³-hybridized carbons (Fsp3) is 0.800. The summed E-state index contributed by atoms with van der Waals surface area (Å²) in [5.74, 6) is -20.1. The van der Waals surface area contributed by atoms with Gasteiger partial charge >= 0.3 is 23.9 Å². The number of rotatable bonds is 3. The van der Waals surface area contributed by atoms with Gasteiger partial charge in [-0.15, -0.1) is 0 Å². The fourth-order valence-electron chi connectivity index (χ4n) is 0.439. The van der Waals surface area contributed by atoms with Crippen molar-refractivity contribution in [3.05, 3.63) is 0 Å². The van der Waals surface area contributed by atoms with Crippen molar-refractivity contribution in [2.75, 3.05) is 0 Å². The van der Waals surface area contributed by atoms with Gasteiger partial charge in [-0.2, -0.15) is 39.5 Å². The molecule has 15 heavy (non-hydrogen) atoms. The van der Waals surface area contributed by atoms with Gasteiger partial charge in [0.15, 0.2) is 0 Å². The molecule has 10 heteroatoms. The predicted octanol–water partition coefficient (Wildman–Crippen LogP) is 2.56. The standard InChI is InChI=1S/C5F9O/c6-2(7,1-15)3(8,9)4(10,11)5(12,13)14. The highest BCUT2D eigenvalue weighted by Gasteiger charge is 2.82. The smallest absolute Gasteiger partial charge is 0.283 e. The van der Waals surface area contributed by atoms with Gasteiger partial charge in [-0.3, -0.25) is 4.79 Å². The van der Waals surface area contributed by atoms with Gasteiger partial charge < -0.3 is 0 Å². The maximum Gasteiger partial charge on any atom is 0.460 e. The first-order valence-corrected chi connectivity index (χ1v) is 2.90. The molecule has 0 fully saturated rings. The Hall–Kier alpha value is -0.960. The summed E-state index contributed by atoms with van der Waals surface area (Å²) < 4.78 is 105. The van der Waals surface area contributed by atoms with Crippen LogP contribution in [0.4, 0.5) is 39.5 Å². The number of alkyl halides is 9. The van der Waals surface area contributed by atoms with Crippen molar-refractivity contribution in [2.24, 2.45) is 0 Å². The van der Waals surface area contributed by atoms with Crippen LogP contribution in [-0.2, 0) is 4.79 Å². The van der Waals surface area contributed by atoms with Crippen LogP contribution in [-0.4, -0.2) is 30.2 Å². The van der Waals surface area contributed by atoms with E-state index in [2.05, 4.69) is 0 Å². The Bertz CT molecular complexity index is 252. The van der Waals surface area contributed by atoms with Crippen LogP contribution in [0, 0.1) is 0 Å². The molecule has 0 heterocycles. The van der Waals surface area contributed by atoms with Gasteiger partial charge in [0.25, 0.3) is 6.29 Å². The molecule has 0 aromatic heterocycles. The van der Waals surface area contributed by atoms with Crippen LogP contribution in [0.5, 0.6) is 0 Å². The molecule has 0 rings (SSSR count). The van der Waals surface area contributed by atoms with Crippen molar-refractivity contribution < 1.29 is 44.3 Å². The van der Waals surface area contributed by atoms with Crippen molar-refractivity contribution in [2.45, 2.75) is 23.9 Å². The third kappa shape index (κ3) is 1.88. The summed E-state index contributed by atoms with van der Waals surface area (Å²) in [6, 6.07) is 0. The van der Waals surface area contributed by atoms with Gasteiger partial charge in [-0.25, -0.2) is 0 Å². The van der Waals surface area contributed by atoms with Crippen LogP contribution in [0.2, 0.25) is 0 Å². The van der Waals surface area contributed by atoms with E-state index in [0.717, 1.165) is 0 Å². The summed E-state index contributed by atoms with van der Waals surface area (Å²) in [5, 5.41) is 0. The molecule has 0 unspecified atom stereocenters. The molecule has 0 aromatic rings. The van der Waals surface area contributed by atoms with Crippen LogP contribution < -0.4 is 0 Å². The van der Waals surface area contributed by atoms with Gasteiger partial charge in [-0.05, 0) is 0 Å². The lowest BCUT2D eigenvalue weighted by molar-refractivity contribution is -0.384. The normalized spacial score (nSPS) is 15.3. The second kappa shape index (κ2) is 3.27. The van der Waals surface area contributed by atoms with E-state index in [1.54, 1.807) is 0 Å². The fourth-order valence-corrected chi connectivity index (χ4v) is 0.439. The third-order valence-corrected chi connectivity index (χ3v) is 1.27. The Morgan fingerprint density at radius 2 is 1.00 bits per heavy atom. The number of hydrogen-bond acceptors (Lipinski definition) is 1. The number of carbonyl (C=O) groups excluding carboxylic acids is 1. The van der Waals surface area contributed by atoms with Crippen LogP contribution in [0.1, 0.15) is 0 Å². The topological polar surface area (TPSA) is 17.1 Å². The molecule has 0 spiro atoms. The van der Waals surface area contributed by atoms with E-state index < -0.39 is 30.2 Å². The Labute approximate surface area is 75.9 Å². The minimum Gasteiger partial charge on any atom is -0.283 e. The molecule has 0 N–H and O–H groups in total. The molecular formula is C5F9O. The van der Waals surface area contributed by atoms with Crippen molar-refractivity contribution in [1.29, 1.82) is 0 Å². The van der Waals surface area contributed by atoms with Gasteiger partial charge in [0.05, 0.1) is 0 Å². The SMILES string of the molecule is O=[C]C(F)(F)C(F)(F)C(F)(F)C(F)(F)F. The minimum atomic E-state index is -7.03. The zero-order valence-electron chi connectivity index (χ0n) is 6.31. The number of halogens is 9. The molecule has 1 nitrogen and oxygen atoms in total. The minimum absolute atomic E-state index is 0.854. The van der Waals surface area contributed by atoms with E-state index in [9.17, 15) is 44.3 Å². The average Bonchev–Trinajstić information content (AvgIpc) is 2.01. The molecule has 0 bridgehead atoms. The first kappa shape index (κ1) is 14.0. The molecule has 89 valence electrons. The van der Waals surface area contributed by atoms with Crippen molar-refractivity contribution >= 4 is 6.29 Å². The first-order valence-electron chi connectivity index (χ1n) is 2.90. The number of hydrogen-bond donors (Lipinski definition) is 0. The molecular weight excluding hydrogens is 247 g/mol. The summed E-state index contributed by atoms with van der Waals surface area (Å²) in [6.45, 7) is 0. The lowest BCUT2D eigenvalue weighted by atomic mass is 10.1. The lowest BCUT2D eigenvalue weighted by Gasteiger charge is -2.30. The van der Waals surface area contributed by atoms with E-state index in [1.165, 1.54) is 0 Å². The second-order valence-electron chi connectivity index (χ2n) is 2.32. The van der Waals surface area contributed by atoms with E-state index in [1.807, 2.05) is 0 Å². The van der Waals surface area contributed by atoms with E-state index >= 15 is 0 Å². The molecule has 0 aliphatic carbocycles. The molecule has 0 saturated carbocycles. The van der Waals surface area contributed by atoms with E-state index in [4.69, 9.17) is 0 Å². The molecule has 0 aliphatic rings. The summed E-state index contributed by atoms with van der Waals surface area (Å²) in [6.07, 6.45) is -7.76. The molecule has 0 amide bonds. The summed E-state index contributed by atoms with van der Waals surface area (Å²) in [4.78, 5) is 9.19. The van der Waals surface area contributed by atoms with Gasteiger partial charge in [0, 0.05) is 0 Å². The van der Waals surface area contributed by atoms with Crippen LogP contribution in [0.25, 0.3) is 0 Å². The van der Waals surface area contributed by atoms with Crippen molar-refractivity contribution in [1.82, 2.24) is 0 Å². The van der Waals surface area contributed by atoms with Crippen molar-refractivity contribution in [3.63, 3.8) is 0 Å². The highest BCUT2D eigenvalue weighted by molar-refractivity contribution is 5.63. The quantitative estimate of drug-likeness (QED) is 0.700. The Kier molecular flexibility index (Phi) is 3.06. The van der Waals surface area contributed by atoms with Crippen LogP contribution in [0.3, 0.4) is 0 Å². The molecule has 0 aromatic carbocycles. The van der Waals surface area contributed by atoms with Crippen LogP contribution in [0.15, 0.2) is 0 Å². The Morgan fingerprint density at radius 3 is 1.20 bits per heavy atom. The monoisotopic (exact) mass is 247 g/mol. The second-order valence-corrected chi connectivity index (χ2v) is 2.32. The van der Waals surface area contributed by atoms with Gasteiger partial charge in [-0.1, -0.05) is 0 Å². The Balaban J connectivity index is 5.47. The first-order chi connectivity index (χ1) is 6.31. The highest BCUT2D eigenvalue weighted by atomic mass is 19.4. The molecule has 0 atom stereocenters. The van der Waals surface area contributed by atoms with E-state index in [-0.39, 0.29) is 0 Å². The predicted molar refractivity (Wildman–Crippen MR) is 26.6 cm³/mol. The molecule has 0 saturated heterocycles. The summed E-state index contributed by atoms with van der Waals surface area (Å²) >= 11 is 0. The van der Waals surface area contributed by atoms with E-state index in [0.29, 0.717) is 0 Å². The maximum atomic E-state index is 12.0. The zero-order valence-corrected chi connectivity index (χ0v) is 6.31. The maximum absolute atomic E-state index is 12.0. The third-order valence-electron chi connectivity index (χ3n) is 1.27. The highest BCUT2D eigenvalue weighted by Crippen LogP contribution is 2.52. The lowest BCUT2D eigenvalue weighted by Crippen LogP contribution is -2.61. The van der Waals surface area contributed by atoms with Gasteiger partial charge in [0.2, 0.25) is 0 Å². The molecule has 0 aliphatic heterocycles. The largest absolute Gasteiger partial charge is 0.460 e. The summed E-state index contributed by atoms with van der Waals surface area (Å²) in [7, 11) is 0. The zero-order chi connectivity index (χ0) is 12.7. The van der Waals surface area contributed by atoms with Gasteiger partial charge in [0.1, 0.15) is 0 Å². The average molecular weight is 247 g/mol. The Morgan fingerprint density at radius 1 is 0.667 bits per heavy atom. The molecule has 1 radical (unpaired) electrons.